The Morgan fingerprint density at radius 1 is 0.276 bits per heavy atom. The van der Waals surface area contributed by atoms with Crippen molar-refractivity contribution in [3.05, 3.63) is 224 Å². The average molecular weight is 740 g/mol. The fourth-order valence-corrected chi connectivity index (χ4v) is 8.81. The number of rotatable bonds is 7. The first kappa shape index (κ1) is 33.6. The van der Waals surface area contributed by atoms with Crippen LogP contribution in [0.5, 0.6) is 0 Å². The van der Waals surface area contributed by atoms with Gasteiger partial charge in [0, 0.05) is 16.8 Å². The first-order chi connectivity index (χ1) is 28.8. The van der Waals surface area contributed by atoms with E-state index in [-0.39, 0.29) is 0 Å². The summed E-state index contributed by atoms with van der Waals surface area (Å²) in [6, 6.07) is 80.6. The van der Waals surface area contributed by atoms with Gasteiger partial charge in [-0.1, -0.05) is 176 Å². The Bertz CT molecular complexity index is 3260. The molecule has 0 saturated carbocycles. The molecule has 0 aliphatic heterocycles. The van der Waals surface area contributed by atoms with Crippen LogP contribution in [-0.2, 0) is 0 Å². The minimum Gasteiger partial charge on any atom is -0.456 e. The zero-order valence-corrected chi connectivity index (χ0v) is 31.7. The maximum atomic E-state index is 6.40. The number of fused-ring (bicyclic) bond motifs is 6. The fourth-order valence-electron chi connectivity index (χ4n) is 8.81. The molecule has 58 heavy (non-hydrogen) atoms. The van der Waals surface area contributed by atoms with E-state index in [9.17, 15) is 0 Å². The van der Waals surface area contributed by atoms with Gasteiger partial charge in [-0.2, -0.15) is 0 Å². The average Bonchev–Trinajstić information content (AvgIpc) is 3.69. The van der Waals surface area contributed by atoms with Crippen molar-refractivity contribution in [2.45, 2.75) is 0 Å². The Labute approximate surface area is 337 Å². The van der Waals surface area contributed by atoms with Crippen LogP contribution in [0.4, 0.5) is 17.1 Å². The van der Waals surface area contributed by atoms with Crippen LogP contribution in [0.2, 0.25) is 0 Å². The molecule has 0 bridgehead atoms. The van der Waals surface area contributed by atoms with Crippen LogP contribution in [0.1, 0.15) is 0 Å². The summed E-state index contributed by atoms with van der Waals surface area (Å²) >= 11 is 0. The van der Waals surface area contributed by atoms with Gasteiger partial charge >= 0.3 is 0 Å². The largest absolute Gasteiger partial charge is 0.456 e. The van der Waals surface area contributed by atoms with E-state index >= 15 is 0 Å². The standard InChI is InChI=1S/C56H37NO/c1-4-16-38(17-5-1)42-22-14-23-45(36-42)57(51-27-15-29-53-56(51)49-26-12-13-28-52(49)58-53)44-33-30-39(31-34-44)43-32-35-47-46-24-10-11-25-48(46)54(40-18-6-2-7-19-40)55(50(47)37-43)41-20-8-3-9-21-41/h1-37H. The number of furan rings is 1. The third-order valence-electron chi connectivity index (χ3n) is 11.4. The van der Waals surface area contributed by atoms with Gasteiger partial charge in [-0.05, 0) is 115 Å². The highest BCUT2D eigenvalue weighted by atomic mass is 16.3. The molecule has 1 aromatic heterocycles. The summed E-state index contributed by atoms with van der Waals surface area (Å²) in [7, 11) is 0. The Morgan fingerprint density at radius 2 is 0.776 bits per heavy atom. The number of para-hydroxylation sites is 1. The summed E-state index contributed by atoms with van der Waals surface area (Å²) in [6.07, 6.45) is 0. The monoisotopic (exact) mass is 739 g/mol. The molecule has 0 aliphatic carbocycles. The Kier molecular flexibility index (Phi) is 8.19. The van der Waals surface area contributed by atoms with Crippen molar-refractivity contribution in [1.82, 2.24) is 0 Å². The molecule has 272 valence electrons. The van der Waals surface area contributed by atoms with Crippen molar-refractivity contribution in [3.63, 3.8) is 0 Å². The van der Waals surface area contributed by atoms with E-state index in [0.29, 0.717) is 0 Å². The van der Waals surface area contributed by atoms with Gasteiger partial charge in [0.05, 0.1) is 11.1 Å². The number of hydrogen-bond acceptors (Lipinski definition) is 2. The molecule has 2 nitrogen and oxygen atoms in total. The molecule has 0 aliphatic rings. The minimum atomic E-state index is 0.868. The van der Waals surface area contributed by atoms with Gasteiger partial charge in [-0.25, -0.2) is 0 Å². The molecule has 0 unspecified atom stereocenters. The van der Waals surface area contributed by atoms with Crippen LogP contribution in [-0.4, -0.2) is 0 Å². The van der Waals surface area contributed by atoms with Crippen LogP contribution in [0.15, 0.2) is 229 Å². The maximum Gasteiger partial charge on any atom is 0.137 e. The Balaban J connectivity index is 1.10. The highest BCUT2D eigenvalue weighted by molar-refractivity contribution is 6.22. The number of hydrogen-bond donors (Lipinski definition) is 0. The van der Waals surface area contributed by atoms with Gasteiger partial charge in [0.2, 0.25) is 0 Å². The summed E-state index contributed by atoms with van der Waals surface area (Å²) in [5, 5.41) is 7.20. The van der Waals surface area contributed by atoms with Gasteiger partial charge < -0.3 is 9.32 Å². The van der Waals surface area contributed by atoms with Crippen LogP contribution in [0, 0.1) is 0 Å². The zero-order chi connectivity index (χ0) is 38.4. The molecule has 0 spiro atoms. The quantitative estimate of drug-likeness (QED) is 0.151. The molecule has 0 N–H and O–H groups in total. The van der Waals surface area contributed by atoms with Crippen molar-refractivity contribution in [2.75, 3.05) is 4.90 Å². The topological polar surface area (TPSA) is 16.4 Å². The lowest BCUT2D eigenvalue weighted by Crippen LogP contribution is -2.10. The van der Waals surface area contributed by atoms with E-state index in [2.05, 4.69) is 217 Å². The van der Waals surface area contributed by atoms with Crippen LogP contribution in [0.25, 0.3) is 88.0 Å². The van der Waals surface area contributed by atoms with Crippen molar-refractivity contribution < 1.29 is 4.42 Å². The van der Waals surface area contributed by atoms with Crippen LogP contribution >= 0.6 is 0 Å². The molecule has 1 heterocycles. The molecule has 11 aromatic rings. The highest BCUT2D eigenvalue weighted by Crippen LogP contribution is 2.47. The molecule has 0 saturated heterocycles. The van der Waals surface area contributed by atoms with E-state index in [1.54, 1.807) is 0 Å². The first-order valence-corrected chi connectivity index (χ1v) is 19.8. The first-order valence-electron chi connectivity index (χ1n) is 19.8. The molecule has 0 fully saturated rings. The van der Waals surface area contributed by atoms with E-state index in [0.717, 1.165) is 50.1 Å². The molecule has 2 heteroatoms. The highest BCUT2D eigenvalue weighted by Gasteiger charge is 2.21. The predicted octanol–water partition coefficient (Wildman–Crippen LogP) is 16.0. The van der Waals surface area contributed by atoms with Gasteiger partial charge in [0.1, 0.15) is 11.2 Å². The third-order valence-corrected chi connectivity index (χ3v) is 11.4. The zero-order valence-electron chi connectivity index (χ0n) is 31.7. The van der Waals surface area contributed by atoms with Gasteiger partial charge in [0.15, 0.2) is 0 Å². The maximum absolute atomic E-state index is 6.40. The molecule has 0 amide bonds. The number of anilines is 3. The minimum absolute atomic E-state index is 0.868. The molecular weight excluding hydrogens is 703 g/mol. The second kappa shape index (κ2) is 14.1. The van der Waals surface area contributed by atoms with Gasteiger partial charge in [-0.15, -0.1) is 0 Å². The molecule has 0 atom stereocenters. The predicted molar refractivity (Wildman–Crippen MR) is 245 cm³/mol. The van der Waals surface area contributed by atoms with E-state index in [1.807, 2.05) is 12.1 Å². The van der Waals surface area contributed by atoms with Gasteiger partial charge in [0.25, 0.3) is 0 Å². The molecule has 10 aromatic carbocycles. The second-order valence-corrected chi connectivity index (χ2v) is 14.8. The smallest absolute Gasteiger partial charge is 0.137 e. The SMILES string of the molecule is c1ccc(-c2cccc(N(c3ccc(-c4ccc5c(c4)c(-c4ccccc4)c(-c4ccccc4)c4ccccc45)cc3)c3cccc4oc5ccccc5c34)c2)cc1. The van der Waals surface area contributed by atoms with E-state index in [4.69, 9.17) is 4.42 Å². The van der Waals surface area contributed by atoms with Crippen LogP contribution in [0.3, 0.4) is 0 Å². The summed E-state index contributed by atoms with van der Waals surface area (Å²) in [6.45, 7) is 0. The Hall–Kier alpha value is -7.68. The number of nitrogens with zero attached hydrogens (tertiary/aromatic N) is 1. The molecular formula is C56H37NO. The fraction of sp³-hybridized carbons (Fsp3) is 0. The molecule has 0 radical (unpaired) electrons. The summed E-state index contributed by atoms with van der Waals surface area (Å²) in [4.78, 5) is 2.37. The number of benzene rings is 10. The van der Waals surface area contributed by atoms with Crippen molar-refractivity contribution >= 4 is 60.5 Å². The van der Waals surface area contributed by atoms with Crippen molar-refractivity contribution in [2.24, 2.45) is 0 Å². The normalized spacial score (nSPS) is 11.4. The summed E-state index contributed by atoms with van der Waals surface area (Å²) in [5.41, 5.74) is 14.6. The van der Waals surface area contributed by atoms with Crippen molar-refractivity contribution in [1.29, 1.82) is 0 Å². The van der Waals surface area contributed by atoms with E-state index in [1.165, 1.54) is 54.9 Å². The van der Waals surface area contributed by atoms with E-state index < -0.39 is 0 Å². The van der Waals surface area contributed by atoms with Gasteiger partial charge in [-0.3, -0.25) is 0 Å². The third kappa shape index (κ3) is 5.74. The molecule has 11 rings (SSSR count). The lowest BCUT2D eigenvalue weighted by molar-refractivity contribution is 0.669. The lowest BCUT2D eigenvalue weighted by atomic mass is 9.84. The summed E-state index contributed by atoms with van der Waals surface area (Å²) in [5.74, 6) is 0. The van der Waals surface area contributed by atoms with Crippen LogP contribution < -0.4 is 4.90 Å². The summed E-state index contributed by atoms with van der Waals surface area (Å²) < 4.78 is 6.40. The Morgan fingerprint density at radius 3 is 1.50 bits per heavy atom. The second-order valence-electron chi connectivity index (χ2n) is 14.8. The van der Waals surface area contributed by atoms with Crippen molar-refractivity contribution in [3.8, 4) is 44.5 Å². The lowest BCUT2D eigenvalue weighted by Gasteiger charge is -2.27.